The fourth-order valence-corrected chi connectivity index (χ4v) is 9.07. The van der Waals surface area contributed by atoms with Crippen molar-refractivity contribution in [1.29, 1.82) is 0 Å². The van der Waals surface area contributed by atoms with Crippen molar-refractivity contribution in [2.45, 2.75) is 32.4 Å². The van der Waals surface area contributed by atoms with E-state index in [-0.39, 0.29) is 5.04 Å². The predicted octanol–water partition coefficient (Wildman–Crippen LogP) is 5.54. The monoisotopic (exact) mass is 484 g/mol. The zero-order valence-corrected chi connectivity index (χ0v) is 20.8. The van der Waals surface area contributed by atoms with E-state index in [0.29, 0.717) is 18.1 Å². The molecule has 0 aromatic heterocycles. The minimum absolute atomic E-state index is 0.0843. The lowest BCUT2D eigenvalue weighted by Crippen LogP contribution is -2.66. The average molecular weight is 485 g/mol. The third-order valence-electron chi connectivity index (χ3n) is 5.38. The van der Waals surface area contributed by atoms with E-state index >= 15 is 0 Å². The van der Waals surface area contributed by atoms with E-state index in [1.54, 1.807) is 14.2 Å². The Morgan fingerprint density at radius 1 is 0.800 bits per heavy atom. The molecule has 0 bridgehead atoms. The van der Waals surface area contributed by atoms with E-state index in [2.05, 4.69) is 97.4 Å². The Hall–Kier alpha value is -2.08. The van der Waals surface area contributed by atoms with Crippen LogP contribution in [0.25, 0.3) is 0 Å². The fourth-order valence-electron chi connectivity index (χ4n) is 4.06. The summed E-state index contributed by atoms with van der Waals surface area (Å²) < 4.78 is 19.2. The molecule has 3 aromatic carbocycles. The maximum absolute atomic E-state index is 7.03. The Kier molecular flexibility index (Phi) is 7.06. The van der Waals surface area contributed by atoms with Crippen LogP contribution in [0.1, 0.15) is 26.3 Å². The van der Waals surface area contributed by atoms with Crippen LogP contribution in [-0.4, -0.2) is 22.5 Å². The van der Waals surface area contributed by atoms with Gasteiger partial charge < -0.3 is 13.9 Å². The van der Waals surface area contributed by atoms with Crippen molar-refractivity contribution in [2.24, 2.45) is 0 Å². The van der Waals surface area contributed by atoms with Crippen LogP contribution in [-0.2, 0) is 11.0 Å². The predicted molar refractivity (Wildman–Crippen MR) is 130 cm³/mol. The van der Waals surface area contributed by atoms with Gasteiger partial charge in [0.2, 0.25) is 0 Å². The third kappa shape index (κ3) is 4.34. The van der Waals surface area contributed by atoms with Gasteiger partial charge in [0.25, 0.3) is 8.32 Å². The van der Waals surface area contributed by atoms with Crippen LogP contribution in [0.4, 0.5) is 0 Å². The van der Waals surface area contributed by atoms with E-state index in [1.807, 2.05) is 12.1 Å². The van der Waals surface area contributed by atoms with Crippen molar-refractivity contribution >= 4 is 34.6 Å². The van der Waals surface area contributed by atoms with Crippen molar-refractivity contribution in [2.75, 3.05) is 14.2 Å². The minimum Gasteiger partial charge on any atom is -0.493 e. The number of hydrogen-bond donors (Lipinski definition) is 0. The first-order valence-electron chi connectivity index (χ1n) is 9.99. The molecule has 0 N–H and O–H groups in total. The van der Waals surface area contributed by atoms with Crippen LogP contribution in [0.5, 0.6) is 11.5 Å². The van der Waals surface area contributed by atoms with Gasteiger partial charge >= 0.3 is 0 Å². The van der Waals surface area contributed by atoms with Gasteiger partial charge in [0.05, 0.1) is 20.8 Å². The average Bonchev–Trinajstić information content (AvgIpc) is 2.74. The largest absolute Gasteiger partial charge is 0.493 e. The lowest BCUT2D eigenvalue weighted by molar-refractivity contribution is 0.274. The van der Waals surface area contributed by atoms with Gasteiger partial charge in [-0.3, -0.25) is 0 Å². The number of ether oxygens (including phenoxy) is 2. The minimum atomic E-state index is -2.62. The second-order valence-electron chi connectivity index (χ2n) is 8.25. The smallest absolute Gasteiger partial charge is 0.261 e. The molecule has 0 aliphatic heterocycles. The van der Waals surface area contributed by atoms with Crippen molar-refractivity contribution in [3.8, 4) is 11.5 Å². The number of halogens is 1. The Balaban J connectivity index is 2.15. The van der Waals surface area contributed by atoms with Crippen LogP contribution >= 0.6 is 15.9 Å². The molecule has 0 aliphatic rings. The molecule has 158 valence electrons. The number of benzene rings is 3. The lowest BCUT2D eigenvalue weighted by Gasteiger charge is -2.43. The summed E-state index contributed by atoms with van der Waals surface area (Å²) in [4.78, 5) is 0. The van der Waals surface area contributed by atoms with Gasteiger partial charge in [-0.2, -0.15) is 0 Å². The summed E-state index contributed by atoms with van der Waals surface area (Å²) in [5, 5.41) is 2.42. The third-order valence-corrected chi connectivity index (χ3v) is 10.8. The quantitative estimate of drug-likeness (QED) is 0.411. The summed E-state index contributed by atoms with van der Waals surface area (Å²) in [5.41, 5.74) is 0.955. The summed E-state index contributed by atoms with van der Waals surface area (Å²) in [6.45, 7) is 7.25. The van der Waals surface area contributed by atoms with Crippen LogP contribution in [0.2, 0.25) is 5.04 Å². The van der Waals surface area contributed by atoms with Gasteiger partial charge in [-0.15, -0.1) is 0 Å². The SMILES string of the molecule is COc1cc(Br)cc(CO[Si](c2ccccc2)(c2ccccc2)C(C)(C)C)c1OC. The molecular formula is C25H29BrO3Si. The second kappa shape index (κ2) is 9.37. The van der Waals surface area contributed by atoms with Crippen LogP contribution in [0.3, 0.4) is 0 Å². The Labute approximate surface area is 189 Å². The first-order chi connectivity index (χ1) is 14.3. The van der Waals surface area contributed by atoms with Gasteiger partial charge in [-0.05, 0) is 27.5 Å². The van der Waals surface area contributed by atoms with Crippen molar-refractivity contribution in [3.63, 3.8) is 0 Å². The molecule has 0 saturated carbocycles. The summed E-state index contributed by atoms with van der Waals surface area (Å²) in [6, 6.07) is 25.2. The van der Waals surface area contributed by atoms with Crippen LogP contribution < -0.4 is 19.8 Å². The van der Waals surface area contributed by atoms with Crippen molar-refractivity contribution in [3.05, 3.63) is 82.8 Å². The molecular weight excluding hydrogens is 456 g/mol. The first kappa shape index (κ1) is 22.6. The van der Waals surface area contributed by atoms with E-state index < -0.39 is 8.32 Å². The van der Waals surface area contributed by atoms with Crippen LogP contribution in [0, 0.1) is 0 Å². The highest BCUT2D eigenvalue weighted by molar-refractivity contribution is 9.10. The molecule has 0 amide bonds. The molecule has 0 fully saturated rings. The molecule has 0 unspecified atom stereocenters. The zero-order chi connectivity index (χ0) is 21.8. The van der Waals surface area contributed by atoms with Crippen molar-refractivity contribution in [1.82, 2.24) is 0 Å². The first-order valence-corrected chi connectivity index (χ1v) is 12.7. The molecule has 3 rings (SSSR count). The highest BCUT2D eigenvalue weighted by atomic mass is 79.9. The highest BCUT2D eigenvalue weighted by Crippen LogP contribution is 2.40. The van der Waals surface area contributed by atoms with Crippen LogP contribution in [0.15, 0.2) is 77.3 Å². The molecule has 0 radical (unpaired) electrons. The highest BCUT2D eigenvalue weighted by Gasteiger charge is 2.50. The van der Waals surface area contributed by atoms with Gasteiger partial charge in [-0.1, -0.05) is 97.4 Å². The van der Waals surface area contributed by atoms with E-state index in [0.717, 1.165) is 10.0 Å². The lowest BCUT2D eigenvalue weighted by atomic mass is 10.2. The molecule has 0 saturated heterocycles. The van der Waals surface area contributed by atoms with Gasteiger partial charge in [0, 0.05) is 10.0 Å². The Morgan fingerprint density at radius 3 is 1.77 bits per heavy atom. The number of hydrogen-bond acceptors (Lipinski definition) is 3. The molecule has 0 heterocycles. The standard InChI is InChI=1S/C25H29BrO3Si/c1-25(2,3)30(21-12-8-6-9-13-21,22-14-10-7-11-15-22)29-18-19-16-20(26)17-23(27-4)24(19)28-5/h6-17H,18H2,1-5H3. The number of methoxy groups -OCH3 is 2. The molecule has 0 spiro atoms. The van der Waals surface area contributed by atoms with Gasteiger partial charge in [0.1, 0.15) is 0 Å². The zero-order valence-electron chi connectivity index (χ0n) is 18.2. The van der Waals surface area contributed by atoms with Gasteiger partial charge in [0.15, 0.2) is 11.5 Å². The molecule has 3 aromatic rings. The molecule has 3 nitrogen and oxygen atoms in total. The maximum atomic E-state index is 7.03. The molecule has 30 heavy (non-hydrogen) atoms. The second-order valence-corrected chi connectivity index (χ2v) is 13.5. The molecule has 5 heteroatoms. The normalized spacial score (nSPS) is 11.9. The van der Waals surface area contributed by atoms with Crippen molar-refractivity contribution < 1.29 is 13.9 Å². The summed E-state index contributed by atoms with van der Waals surface area (Å²) in [6.07, 6.45) is 0. The maximum Gasteiger partial charge on any atom is 0.261 e. The molecule has 0 aliphatic carbocycles. The summed E-state index contributed by atoms with van der Waals surface area (Å²) >= 11 is 3.59. The Bertz CT molecular complexity index is 929. The Morgan fingerprint density at radius 2 is 1.33 bits per heavy atom. The van der Waals surface area contributed by atoms with Gasteiger partial charge in [-0.25, -0.2) is 0 Å². The number of rotatable bonds is 7. The van der Waals surface area contributed by atoms with E-state index in [1.165, 1.54) is 10.4 Å². The van der Waals surface area contributed by atoms with E-state index in [9.17, 15) is 0 Å². The topological polar surface area (TPSA) is 27.7 Å². The molecule has 0 atom stereocenters. The summed E-state index contributed by atoms with van der Waals surface area (Å²) in [5.74, 6) is 1.39. The fraction of sp³-hybridized carbons (Fsp3) is 0.280. The summed E-state index contributed by atoms with van der Waals surface area (Å²) in [7, 11) is 0.690. The van der Waals surface area contributed by atoms with E-state index in [4.69, 9.17) is 13.9 Å².